The van der Waals surface area contributed by atoms with Gasteiger partial charge >= 0.3 is 6.18 Å². The minimum absolute atomic E-state index is 0.0624. The number of alkyl halides is 3. The number of rotatable bonds is 5. The quantitative estimate of drug-likeness (QED) is 0.614. The van der Waals surface area contributed by atoms with Crippen molar-refractivity contribution in [1.29, 1.82) is 0 Å². The number of hydrogen-bond donors (Lipinski definition) is 0. The van der Waals surface area contributed by atoms with Crippen LogP contribution >= 0.6 is 0 Å². The molecule has 0 aliphatic rings. The van der Waals surface area contributed by atoms with Gasteiger partial charge < -0.3 is 9.57 Å². The lowest BCUT2D eigenvalue weighted by Crippen LogP contribution is -2.05. The van der Waals surface area contributed by atoms with Crippen molar-refractivity contribution in [3.05, 3.63) is 65.2 Å². The van der Waals surface area contributed by atoms with Gasteiger partial charge in [-0.15, -0.1) is 0 Å². The lowest BCUT2D eigenvalue weighted by Gasteiger charge is -2.07. The summed E-state index contributed by atoms with van der Waals surface area (Å²) in [6.45, 7) is -0.0624. The van der Waals surface area contributed by atoms with Gasteiger partial charge in [-0.05, 0) is 42.0 Å². The van der Waals surface area contributed by atoms with Gasteiger partial charge in [0.1, 0.15) is 18.6 Å². The van der Waals surface area contributed by atoms with Gasteiger partial charge in [-0.2, -0.15) is 13.2 Å². The van der Waals surface area contributed by atoms with Crippen LogP contribution in [0, 0.1) is 0 Å². The Morgan fingerprint density at radius 2 is 1.82 bits per heavy atom. The van der Waals surface area contributed by atoms with Crippen LogP contribution in [-0.4, -0.2) is 13.3 Å². The van der Waals surface area contributed by atoms with E-state index in [1.807, 2.05) is 0 Å². The van der Waals surface area contributed by atoms with Crippen molar-refractivity contribution in [3.63, 3.8) is 0 Å². The van der Waals surface area contributed by atoms with Crippen LogP contribution < -0.4 is 4.74 Å². The molecular formula is C16H13F3NO2. The number of halogens is 3. The third kappa shape index (κ3) is 4.51. The van der Waals surface area contributed by atoms with Crippen LogP contribution in [0.25, 0.3) is 0 Å². The van der Waals surface area contributed by atoms with Crippen LogP contribution in [-0.2, 0) is 17.6 Å². The molecule has 0 atom stereocenters. The molecule has 6 heteroatoms. The first-order valence-electron chi connectivity index (χ1n) is 6.37. The number of methoxy groups -OCH3 is 1. The molecule has 0 bridgehead atoms. The number of ether oxygens (including phenoxy) is 1. The van der Waals surface area contributed by atoms with Crippen molar-refractivity contribution in [3.8, 4) is 5.75 Å². The molecule has 0 spiro atoms. The van der Waals surface area contributed by atoms with Gasteiger partial charge in [-0.3, -0.25) is 0 Å². The molecule has 0 amide bonds. The summed E-state index contributed by atoms with van der Waals surface area (Å²) in [5.41, 5.74) is 0.344. The lowest BCUT2D eigenvalue weighted by molar-refractivity contribution is -0.137. The molecule has 22 heavy (non-hydrogen) atoms. The second-order valence-corrected chi connectivity index (χ2v) is 4.40. The third-order valence-corrected chi connectivity index (χ3v) is 2.81. The van der Waals surface area contributed by atoms with E-state index in [0.717, 1.165) is 12.1 Å². The fourth-order valence-electron chi connectivity index (χ4n) is 1.69. The van der Waals surface area contributed by atoms with Crippen molar-refractivity contribution >= 4 is 6.21 Å². The average Bonchev–Trinajstić information content (AvgIpc) is 2.52. The van der Waals surface area contributed by atoms with E-state index in [0.29, 0.717) is 16.9 Å². The molecule has 0 heterocycles. The SMILES string of the molecule is COc1ccc(/[C]=N\OCc2cccc(C(F)(F)F)c2)cc1. The number of hydrogen-bond acceptors (Lipinski definition) is 3. The first-order valence-corrected chi connectivity index (χ1v) is 6.37. The van der Waals surface area contributed by atoms with Gasteiger partial charge in [0.05, 0.1) is 12.7 Å². The van der Waals surface area contributed by atoms with E-state index in [1.165, 1.54) is 12.1 Å². The van der Waals surface area contributed by atoms with E-state index in [-0.39, 0.29) is 6.61 Å². The summed E-state index contributed by atoms with van der Waals surface area (Å²) in [6, 6.07) is 11.9. The summed E-state index contributed by atoms with van der Waals surface area (Å²) < 4.78 is 42.7. The zero-order chi connectivity index (χ0) is 16.0. The Labute approximate surface area is 126 Å². The minimum Gasteiger partial charge on any atom is -0.497 e. The Morgan fingerprint density at radius 1 is 1.09 bits per heavy atom. The minimum atomic E-state index is -4.37. The molecular weight excluding hydrogens is 295 g/mol. The van der Waals surface area contributed by atoms with Crippen molar-refractivity contribution in [2.45, 2.75) is 12.8 Å². The van der Waals surface area contributed by atoms with E-state index in [1.54, 1.807) is 31.4 Å². The van der Waals surface area contributed by atoms with Gasteiger partial charge in [0, 0.05) is 5.56 Å². The van der Waals surface area contributed by atoms with Crippen LogP contribution in [0.2, 0.25) is 0 Å². The number of nitrogens with zero attached hydrogens (tertiary/aromatic N) is 1. The summed E-state index contributed by atoms with van der Waals surface area (Å²) in [4.78, 5) is 4.96. The van der Waals surface area contributed by atoms with Crippen LogP contribution in [0.3, 0.4) is 0 Å². The summed E-state index contributed by atoms with van der Waals surface area (Å²) in [5, 5.41) is 3.61. The summed E-state index contributed by atoms with van der Waals surface area (Å²) in [5.74, 6) is 0.704. The number of benzene rings is 2. The van der Waals surface area contributed by atoms with Crippen LogP contribution in [0.1, 0.15) is 16.7 Å². The molecule has 1 radical (unpaired) electrons. The largest absolute Gasteiger partial charge is 0.497 e. The highest BCUT2D eigenvalue weighted by Gasteiger charge is 2.30. The normalized spacial score (nSPS) is 11.6. The fraction of sp³-hybridized carbons (Fsp3) is 0.188. The fourth-order valence-corrected chi connectivity index (χ4v) is 1.69. The third-order valence-electron chi connectivity index (χ3n) is 2.81. The molecule has 0 aliphatic carbocycles. The van der Waals surface area contributed by atoms with Gasteiger partial charge in [-0.1, -0.05) is 17.3 Å². The molecule has 0 unspecified atom stereocenters. The predicted molar refractivity (Wildman–Crippen MR) is 75.8 cm³/mol. The summed E-state index contributed by atoms with van der Waals surface area (Å²) in [6.07, 6.45) is -1.73. The lowest BCUT2D eigenvalue weighted by atomic mass is 10.1. The standard InChI is InChI=1S/C16H13F3NO2/c1-21-15-7-5-12(6-8-15)10-20-22-11-13-3-2-4-14(9-13)16(17,18)19/h2-9H,11H2,1H3. The van der Waals surface area contributed by atoms with Crippen molar-refractivity contribution in [1.82, 2.24) is 0 Å². The second-order valence-electron chi connectivity index (χ2n) is 4.40. The highest BCUT2D eigenvalue weighted by Crippen LogP contribution is 2.29. The highest BCUT2D eigenvalue weighted by atomic mass is 19.4. The van der Waals surface area contributed by atoms with E-state index < -0.39 is 11.7 Å². The first-order chi connectivity index (χ1) is 10.5. The van der Waals surface area contributed by atoms with E-state index in [2.05, 4.69) is 11.4 Å². The second kappa shape index (κ2) is 6.98. The zero-order valence-electron chi connectivity index (χ0n) is 11.7. The highest BCUT2D eigenvalue weighted by molar-refractivity contribution is 5.79. The maximum Gasteiger partial charge on any atom is 0.416 e. The van der Waals surface area contributed by atoms with Gasteiger partial charge in [0.25, 0.3) is 0 Å². The van der Waals surface area contributed by atoms with Crippen LogP contribution in [0.15, 0.2) is 53.7 Å². The van der Waals surface area contributed by atoms with Crippen molar-refractivity contribution in [2.75, 3.05) is 7.11 Å². The topological polar surface area (TPSA) is 30.8 Å². The maximum atomic E-state index is 12.6. The molecule has 0 saturated carbocycles. The summed E-state index contributed by atoms with van der Waals surface area (Å²) in [7, 11) is 1.56. The predicted octanol–water partition coefficient (Wildman–Crippen LogP) is 4.14. The van der Waals surface area contributed by atoms with Crippen molar-refractivity contribution in [2.24, 2.45) is 5.16 Å². The molecule has 0 saturated heterocycles. The van der Waals surface area contributed by atoms with Gasteiger partial charge in [-0.25, -0.2) is 0 Å². The smallest absolute Gasteiger partial charge is 0.416 e. The molecule has 115 valence electrons. The maximum absolute atomic E-state index is 12.6. The van der Waals surface area contributed by atoms with Gasteiger partial charge in [0.15, 0.2) is 0 Å². The molecule has 0 aliphatic heterocycles. The molecule has 0 N–H and O–H groups in total. The molecule has 2 aromatic rings. The van der Waals surface area contributed by atoms with E-state index in [4.69, 9.17) is 9.57 Å². The Morgan fingerprint density at radius 3 is 2.45 bits per heavy atom. The molecule has 0 fully saturated rings. The summed E-state index contributed by atoms with van der Waals surface area (Å²) >= 11 is 0. The van der Waals surface area contributed by atoms with E-state index in [9.17, 15) is 13.2 Å². The van der Waals surface area contributed by atoms with Crippen LogP contribution in [0.4, 0.5) is 13.2 Å². The Balaban J connectivity index is 1.91. The molecule has 3 nitrogen and oxygen atoms in total. The molecule has 0 aromatic heterocycles. The van der Waals surface area contributed by atoms with Crippen molar-refractivity contribution < 1.29 is 22.7 Å². The van der Waals surface area contributed by atoms with E-state index >= 15 is 0 Å². The average molecular weight is 308 g/mol. The molecule has 2 rings (SSSR count). The molecule has 2 aromatic carbocycles. The Hall–Kier alpha value is -2.50. The first kappa shape index (κ1) is 15.9. The Kier molecular flexibility index (Phi) is 5.04. The van der Waals surface area contributed by atoms with Gasteiger partial charge in [0.2, 0.25) is 0 Å². The zero-order valence-corrected chi connectivity index (χ0v) is 11.7. The van der Waals surface area contributed by atoms with Crippen LogP contribution in [0.5, 0.6) is 5.75 Å². The monoisotopic (exact) mass is 308 g/mol. The Bertz CT molecular complexity index is 637.